The number of nitrogens with zero attached hydrogens (tertiary/aromatic N) is 1. The van der Waals surface area contributed by atoms with Crippen LogP contribution >= 0.6 is 0 Å². The molecule has 1 aromatic heterocycles. The molecule has 0 atom stereocenters. The smallest absolute Gasteiger partial charge is 0.243 e. The fourth-order valence-electron chi connectivity index (χ4n) is 3.80. The number of fused-ring (bicyclic) bond motifs is 1. The van der Waals surface area contributed by atoms with Crippen molar-refractivity contribution in [3.63, 3.8) is 0 Å². The quantitative estimate of drug-likeness (QED) is 0.651. The van der Waals surface area contributed by atoms with Crippen molar-refractivity contribution in [3.05, 3.63) is 65.4 Å². The van der Waals surface area contributed by atoms with Gasteiger partial charge in [0.15, 0.2) is 0 Å². The Morgan fingerprint density at radius 1 is 1.07 bits per heavy atom. The van der Waals surface area contributed by atoms with Crippen LogP contribution in [0.2, 0.25) is 0 Å². The number of hydrogen-bond donors (Lipinski definition) is 1. The number of carbonyl (C=O) groups is 1. The van der Waals surface area contributed by atoms with Crippen molar-refractivity contribution in [1.82, 2.24) is 9.62 Å². The number of hydrogen-bond acceptors (Lipinski definition) is 4. The highest BCUT2D eigenvalue weighted by Crippen LogP contribution is 2.23. The molecule has 0 saturated carbocycles. The second-order valence-electron chi connectivity index (χ2n) is 7.82. The molecule has 0 bridgehead atoms. The Balaban J connectivity index is 1.36. The summed E-state index contributed by atoms with van der Waals surface area (Å²) in [5.41, 5.74) is 3.60. The molecule has 3 aromatic rings. The zero-order chi connectivity index (χ0) is 21.1. The molecule has 158 valence electrons. The van der Waals surface area contributed by atoms with Crippen molar-refractivity contribution in [2.45, 2.75) is 44.0 Å². The molecule has 0 aliphatic carbocycles. The van der Waals surface area contributed by atoms with E-state index in [2.05, 4.69) is 5.32 Å². The van der Waals surface area contributed by atoms with Crippen LogP contribution in [-0.2, 0) is 27.8 Å². The molecular formula is C23H26N2O4S. The maximum atomic E-state index is 12.7. The van der Waals surface area contributed by atoms with Crippen LogP contribution in [0.1, 0.15) is 36.0 Å². The summed E-state index contributed by atoms with van der Waals surface area (Å²) in [4.78, 5) is 12.7. The molecule has 0 unspecified atom stereocenters. The van der Waals surface area contributed by atoms with Gasteiger partial charge >= 0.3 is 0 Å². The Morgan fingerprint density at radius 2 is 1.80 bits per heavy atom. The van der Waals surface area contributed by atoms with Crippen LogP contribution in [0.5, 0.6) is 0 Å². The van der Waals surface area contributed by atoms with Crippen LogP contribution in [0, 0.1) is 6.92 Å². The Bertz CT molecular complexity index is 1140. The van der Waals surface area contributed by atoms with Crippen molar-refractivity contribution < 1.29 is 17.6 Å². The number of furan rings is 1. The summed E-state index contributed by atoms with van der Waals surface area (Å²) in [6, 6.07) is 12.7. The predicted molar refractivity (Wildman–Crippen MR) is 116 cm³/mol. The van der Waals surface area contributed by atoms with Gasteiger partial charge in [-0.2, -0.15) is 4.31 Å². The summed E-state index contributed by atoms with van der Waals surface area (Å²) >= 11 is 0. The maximum absolute atomic E-state index is 12.7. The number of amides is 1. The normalized spacial score (nSPS) is 15.4. The summed E-state index contributed by atoms with van der Waals surface area (Å²) in [6.45, 7) is 3.51. The fraction of sp³-hybridized carbons (Fsp3) is 0.348. The molecule has 1 aliphatic heterocycles. The minimum absolute atomic E-state index is 0.108. The second-order valence-corrected chi connectivity index (χ2v) is 9.76. The predicted octanol–water partition coefficient (Wildman–Crippen LogP) is 3.77. The van der Waals surface area contributed by atoms with Gasteiger partial charge in [0.2, 0.25) is 15.9 Å². The van der Waals surface area contributed by atoms with Crippen molar-refractivity contribution in [2.24, 2.45) is 0 Å². The number of nitrogens with one attached hydrogen (secondary N) is 1. The Labute approximate surface area is 176 Å². The van der Waals surface area contributed by atoms with E-state index in [1.54, 1.807) is 34.8 Å². The van der Waals surface area contributed by atoms with Crippen molar-refractivity contribution in [1.29, 1.82) is 0 Å². The molecule has 1 aliphatic rings. The lowest BCUT2D eigenvalue weighted by atomic mass is 10.1. The first-order valence-electron chi connectivity index (χ1n) is 10.3. The van der Waals surface area contributed by atoms with Gasteiger partial charge in [0.25, 0.3) is 0 Å². The van der Waals surface area contributed by atoms with Crippen LogP contribution in [0.25, 0.3) is 11.0 Å². The van der Waals surface area contributed by atoms with E-state index in [-0.39, 0.29) is 12.3 Å². The Morgan fingerprint density at radius 3 is 2.53 bits per heavy atom. The van der Waals surface area contributed by atoms with E-state index in [9.17, 15) is 13.2 Å². The molecule has 30 heavy (non-hydrogen) atoms. The minimum Gasteiger partial charge on any atom is -0.464 e. The number of carbonyl (C=O) groups excluding carboxylic acids is 1. The number of aryl methyl sites for hydroxylation is 1. The Hall–Kier alpha value is -2.64. The Kier molecular flexibility index (Phi) is 5.92. The summed E-state index contributed by atoms with van der Waals surface area (Å²) in [5.74, 6) is -0.108. The molecule has 1 saturated heterocycles. The SMILES string of the molecule is Cc1ccc2c(CC(=O)NCc3ccc(S(=O)(=O)N4CCCCC4)cc3)coc2c1. The van der Waals surface area contributed by atoms with E-state index in [1.807, 2.05) is 25.1 Å². The molecular weight excluding hydrogens is 400 g/mol. The van der Waals surface area contributed by atoms with E-state index in [0.29, 0.717) is 24.5 Å². The minimum atomic E-state index is -3.43. The lowest BCUT2D eigenvalue weighted by molar-refractivity contribution is -0.120. The monoisotopic (exact) mass is 426 g/mol. The maximum Gasteiger partial charge on any atom is 0.243 e. The zero-order valence-corrected chi connectivity index (χ0v) is 17.9. The standard InChI is InChI=1S/C23H26N2O4S/c1-17-5-10-21-19(16-29-22(21)13-17)14-23(26)24-15-18-6-8-20(9-7-18)30(27,28)25-11-3-2-4-12-25/h5-10,13,16H,2-4,11-12,14-15H2,1H3,(H,24,26). The summed E-state index contributed by atoms with van der Waals surface area (Å²) < 4.78 is 32.5. The molecule has 7 heteroatoms. The van der Waals surface area contributed by atoms with Crippen LogP contribution in [0.3, 0.4) is 0 Å². The fourth-order valence-corrected chi connectivity index (χ4v) is 5.31. The zero-order valence-electron chi connectivity index (χ0n) is 17.1. The van der Waals surface area contributed by atoms with Crippen molar-refractivity contribution >= 4 is 26.9 Å². The van der Waals surface area contributed by atoms with E-state index in [0.717, 1.165) is 46.9 Å². The molecule has 1 N–H and O–H groups in total. The van der Waals surface area contributed by atoms with E-state index < -0.39 is 10.0 Å². The number of sulfonamides is 1. The van der Waals surface area contributed by atoms with Crippen LogP contribution in [0.15, 0.2) is 58.0 Å². The average Bonchev–Trinajstić information content (AvgIpc) is 3.14. The molecule has 2 aromatic carbocycles. The van der Waals surface area contributed by atoms with Crippen LogP contribution in [-0.4, -0.2) is 31.7 Å². The van der Waals surface area contributed by atoms with Gasteiger partial charge in [-0.05, 0) is 49.1 Å². The van der Waals surface area contributed by atoms with Gasteiger partial charge in [-0.15, -0.1) is 0 Å². The topological polar surface area (TPSA) is 79.6 Å². The molecule has 1 fully saturated rings. The molecule has 0 radical (unpaired) electrons. The van der Waals surface area contributed by atoms with Gasteiger partial charge in [-0.1, -0.05) is 30.7 Å². The van der Waals surface area contributed by atoms with E-state index >= 15 is 0 Å². The first-order chi connectivity index (χ1) is 14.4. The van der Waals surface area contributed by atoms with Crippen LogP contribution < -0.4 is 5.32 Å². The molecule has 0 spiro atoms. The van der Waals surface area contributed by atoms with Gasteiger partial charge < -0.3 is 9.73 Å². The van der Waals surface area contributed by atoms with Gasteiger partial charge in [-0.25, -0.2) is 8.42 Å². The molecule has 4 rings (SSSR count). The average molecular weight is 427 g/mol. The third-order valence-corrected chi connectivity index (χ3v) is 7.44. The number of benzene rings is 2. The first-order valence-corrected chi connectivity index (χ1v) is 11.7. The number of piperidine rings is 1. The molecule has 2 heterocycles. The molecule has 6 nitrogen and oxygen atoms in total. The van der Waals surface area contributed by atoms with Gasteiger partial charge in [-0.3, -0.25) is 4.79 Å². The largest absolute Gasteiger partial charge is 0.464 e. The highest BCUT2D eigenvalue weighted by Gasteiger charge is 2.25. The lowest BCUT2D eigenvalue weighted by Gasteiger charge is -2.25. The van der Waals surface area contributed by atoms with Crippen molar-refractivity contribution in [3.8, 4) is 0 Å². The lowest BCUT2D eigenvalue weighted by Crippen LogP contribution is -2.35. The number of rotatable bonds is 6. The second kappa shape index (κ2) is 8.62. The van der Waals surface area contributed by atoms with Gasteiger partial charge in [0, 0.05) is 30.6 Å². The van der Waals surface area contributed by atoms with Gasteiger partial charge in [0.05, 0.1) is 17.6 Å². The summed E-state index contributed by atoms with van der Waals surface area (Å²) in [5, 5.41) is 3.84. The van der Waals surface area contributed by atoms with E-state index in [1.165, 1.54) is 0 Å². The van der Waals surface area contributed by atoms with Crippen LogP contribution in [0.4, 0.5) is 0 Å². The highest BCUT2D eigenvalue weighted by molar-refractivity contribution is 7.89. The van der Waals surface area contributed by atoms with Gasteiger partial charge in [0.1, 0.15) is 5.58 Å². The molecule has 1 amide bonds. The third kappa shape index (κ3) is 4.42. The highest BCUT2D eigenvalue weighted by atomic mass is 32.2. The van der Waals surface area contributed by atoms with E-state index in [4.69, 9.17) is 4.42 Å². The third-order valence-electron chi connectivity index (χ3n) is 5.53. The summed E-state index contributed by atoms with van der Waals surface area (Å²) in [6.07, 6.45) is 4.77. The first kappa shape index (κ1) is 20.6. The summed E-state index contributed by atoms with van der Waals surface area (Å²) in [7, 11) is -3.43. The van der Waals surface area contributed by atoms with Crippen molar-refractivity contribution in [2.75, 3.05) is 13.1 Å².